The summed E-state index contributed by atoms with van der Waals surface area (Å²) in [5.41, 5.74) is 6.72. The summed E-state index contributed by atoms with van der Waals surface area (Å²) in [6.45, 7) is 0.213. The summed E-state index contributed by atoms with van der Waals surface area (Å²) in [5, 5.41) is 2.98. The van der Waals surface area contributed by atoms with Crippen molar-refractivity contribution in [1.29, 1.82) is 0 Å². The molecule has 3 N–H and O–H groups in total. The highest BCUT2D eigenvalue weighted by molar-refractivity contribution is 5.64. The molecule has 0 aliphatic rings. The molecule has 0 atom stereocenters. The number of nitrogens with two attached hydrogens (primary N) is 1. The summed E-state index contributed by atoms with van der Waals surface area (Å²) in [6.07, 6.45) is -0.755. The fourth-order valence-corrected chi connectivity index (χ4v) is 0.971. The molecule has 0 fully saturated rings. The van der Waals surface area contributed by atoms with E-state index in [2.05, 4.69) is 10.1 Å². The zero-order valence-electron chi connectivity index (χ0n) is 7.41. The van der Waals surface area contributed by atoms with E-state index >= 15 is 0 Å². The molecule has 13 heavy (non-hydrogen) atoms. The first-order valence-electron chi connectivity index (χ1n) is 3.91. The molecule has 0 saturated carbocycles. The molecule has 0 aliphatic heterocycles. The van der Waals surface area contributed by atoms with Crippen LogP contribution in [0.15, 0.2) is 24.3 Å². The number of nitrogens with one attached hydrogen (secondary N) is 1. The zero-order chi connectivity index (χ0) is 9.68. The van der Waals surface area contributed by atoms with Gasteiger partial charge in [0.15, 0.2) is 0 Å². The van der Waals surface area contributed by atoms with Crippen molar-refractivity contribution in [2.45, 2.75) is 6.61 Å². The highest BCUT2D eigenvalue weighted by atomic mass is 16.5. The lowest BCUT2D eigenvalue weighted by atomic mass is 10.2. The van der Waals surface area contributed by atoms with Crippen molar-refractivity contribution < 1.29 is 9.53 Å². The molecule has 1 amide bonds. The van der Waals surface area contributed by atoms with Gasteiger partial charge in [-0.15, -0.1) is 0 Å². The Morgan fingerprint density at radius 3 is 3.00 bits per heavy atom. The van der Waals surface area contributed by atoms with Crippen LogP contribution in [0.2, 0.25) is 0 Å². The monoisotopic (exact) mass is 180 g/mol. The topological polar surface area (TPSA) is 64.3 Å². The highest BCUT2D eigenvalue weighted by Gasteiger charge is 1.97. The van der Waals surface area contributed by atoms with E-state index in [0.717, 1.165) is 11.3 Å². The van der Waals surface area contributed by atoms with Gasteiger partial charge in [-0.3, -0.25) is 0 Å². The predicted molar refractivity (Wildman–Crippen MR) is 50.4 cm³/mol. The Morgan fingerprint density at radius 1 is 1.62 bits per heavy atom. The standard InChI is InChI=1S/C9H12N2O2/c1-11-8-4-2-3-7(5-8)6-13-9(10)12/h2-5,11H,6H2,1H3,(H2,10,12). The Hall–Kier alpha value is -1.71. The predicted octanol–water partition coefficient (Wildman–Crippen LogP) is 1.32. The average molecular weight is 180 g/mol. The van der Waals surface area contributed by atoms with E-state index < -0.39 is 6.09 Å². The van der Waals surface area contributed by atoms with Crippen molar-refractivity contribution in [3.63, 3.8) is 0 Å². The summed E-state index contributed by atoms with van der Waals surface area (Å²) in [5.74, 6) is 0. The van der Waals surface area contributed by atoms with E-state index in [-0.39, 0.29) is 6.61 Å². The van der Waals surface area contributed by atoms with Gasteiger partial charge in [0, 0.05) is 12.7 Å². The fourth-order valence-electron chi connectivity index (χ4n) is 0.971. The zero-order valence-corrected chi connectivity index (χ0v) is 7.41. The van der Waals surface area contributed by atoms with E-state index in [0.29, 0.717) is 0 Å². The molecule has 0 radical (unpaired) electrons. The molecule has 70 valence electrons. The van der Waals surface area contributed by atoms with Crippen molar-refractivity contribution >= 4 is 11.8 Å². The third-order valence-electron chi connectivity index (χ3n) is 1.60. The minimum atomic E-state index is -0.755. The Labute approximate surface area is 76.7 Å². The first kappa shape index (κ1) is 9.38. The summed E-state index contributed by atoms with van der Waals surface area (Å²) in [6, 6.07) is 7.56. The van der Waals surface area contributed by atoms with E-state index in [1.807, 2.05) is 31.3 Å². The number of amides is 1. The summed E-state index contributed by atoms with van der Waals surface area (Å²) in [4.78, 5) is 10.3. The molecule has 1 aromatic carbocycles. The average Bonchev–Trinajstić information content (AvgIpc) is 2.15. The van der Waals surface area contributed by atoms with Gasteiger partial charge in [-0.25, -0.2) is 4.79 Å². The van der Waals surface area contributed by atoms with Gasteiger partial charge in [0.2, 0.25) is 0 Å². The lowest BCUT2D eigenvalue weighted by molar-refractivity contribution is 0.150. The van der Waals surface area contributed by atoms with Crippen molar-refractivity contribution in [2.24, 2.45) is 5.73 Å². The Morgan fingerprint density at radius 2 is 2.38 bits per heavy atom. The quantitative estimate of drug-likeness (QED) is 0.737. The van der Waals surface area contributed by atoms with Gasteiger partial charge >= 0.3 is 6.09 Å². The van der Waals surface area contributed by atoms with Gasteiger partial charge in [0.1, 0.15) is 6.61 Å². The van der Waals surface area contributed by atoms with Crippen molar-refractivity contribution in [1.82, 2.24) is 0 Å². The van der Waals surface area contributed by atoms with Crippen LogP contribution < -0.4 is 11.1 Å². The number of carbonyl (C=O) groups excluding carboxylic acids is 1. The van der Waals surface area contributed by atoms with Crippen LogP contribution in [0.1, 0.15) is 5.56 Å². The lowest BCUT2D eigenvalue weighted by Gasteiger charge is -2.04. The lowest BCUT2D eigenvalue weighted by Crippen LogP contribution is -2.12. The maximum absolute atomic E-state index is 10.3. The number of hydrogen-bond donors (Lipinski definition) is 2. The number of carbonyl (C=O) groups is 1. The largest absolute Gasteiger partial charge is 0.445 e. The number of ether oxygens (including phenoxy) is 1. The van der Waals surface area contributed by atoms with Crippen LogP contribution in [0, 0.1) is 0 Å². The van der Waals surface area contributed by atoms with Crippen molar-refractivity contribution in [3.05, 3.63) is 29.8 Å². The Bertz CT molecular complexity index is 299. The number of rotatable bonds is 3. The van der Waals surface area contributed by atoms with Crippen LogP contribution in [0.5, 0.6) is 0 Å². The molecule has 0 unspecified atom stereocenters. The summed E-state index contributed by atoms with van der Waals surface area (Å²) >= 11 is 0. The minimum absolute atomic E-state index is 0.213. The molecule has 0 aromatic heterocycles. The third-order valence-corrected chi connectivity index (χ3v) is 1.60. The van der Waals surface area contributed by atoms with Gasteiger partial charge in [-0.1, -0.05) is 12.1 Å². The van der Waals surface area contributed by atoms with Crippen LogP contribution >= 0.6 is 0 Å². The Kier molecular flexibility index (Phi) is 3.14. The number of anilines is 1. The van der Waals surface area contributed by atoms with Gasteiger partial charge in [0.05, 0.1) is 0 Å². The number of primary amides is 1. The first-order chi connectivity index (χ1) is 6.22. The van der Waals surface area contributed by atoms with Gasteiger partial charge in [-0.2, -0.15) is 0 Å². The second-order valence-corrected chi connectivity index (χ2v) is 2.56. The SMILES string of the molecule is CNc1cccc(COC(N)=O)c1. The van der Waals surface area contributed by atoms with Crippen LogP contribution in [-0.4, -0.2) is 13.1 Å². The number of benzene rings is 1. The molecular formula is C9H12N2O2. The fraction of sp³-hybridized carbons (Fsp3) is 0.222. The second kappa shape index (κ2) is 4.35. The molecule has 0 bridgehead atoms. The van der Waals surface area contributed by atoms with Crippen LogP contribution in [0.3, 0.4) is 0 Å². The maximum atomic E-state index is 10.3. The smallest absolute Gasteiger partial charge is 0.404 e. The van der Waals surface area contributed by atoms with Crippen LogP contribution in [0.4, 0.5) is 10.5 Å². The molecular weight excluding hydrogens is 168 g/mol. The second-order valence-electron chi connectivity index (χ2n) is 2.56. The van der Waals surface area contributed by atoms with Gasteiger partial charge in [0.25, 0.3) is 0 Å². The molecule has 4 heteroatoms. The normalized spacial score (nSPS) is 9.31. The third kappa shape index (κ3) is 3.02. The number of hydrogen-bond acceptors (Lipinski definition) is 3. The Balaban J connectivity index is 2.61. The molecule has 0 aliphatic carbocycles. The van der Waals surface area contributed by atoms with Crippen molar-refractivity contribution in [3.8, 4) is 0 Å². The highest BCUT2D eigenvalue weighted by Crippen LogP contribution is 2.10. The molecule has 0 saturated heterocycles. The molecule has 1 rings (SSSR count). The minimum Gasteiger partial charge on any atom is -0.445 e. The first-order valence-corrected chi connectivity index (χ1v) is 3.91. The van der Waals surface area contributed by atoms with Crippen molar-refractivity contribution in [2.75, 3.05) is 12.4 Å². The van der Waals surface area contributed by atoms with Gasteiger partial charge < -0.3 is 15.8 Å². The van der Waals surface area contributed by atoms with Crippen LogP contribution in [-0.2, 0) is 11.3 Å². The van der Waals surface area contributed by atoms with E-state index in [4.69, 9.17) is 5.73 Å². The summed E-state index contributed by atoms with van der Waals surface area (Å²) < 4.78 is 4.64. The van der Waals surface area contributed by atoms with Gasteiger partial charge in [-0.05, 0) is 17.7 Å². The van der Waals surface area contributed by atoms with E-state index in [1.54, 1.807) is 0 Å². The molecule has 0 spiro atoms. The molecule has 1 aromatic rings. The summed E-state index contributed by atoms with van der Waals surface area (Å²) in [7, 11) is 1.83. The van der Waals surface area contributed by atoms with E-state index in [9.17, 15) is 4.79 Å². The van der Waals surface area contributed by atoms with Crippen LogP contribution in [0.25, 0.3) is 0 Å². The molecule has 4 nitrogen and oxygen atoms in total. The molecule has 0 heterocycles. The maximum Gasteiger partial charge on any atom is 0.404 e. The van der Waals surface area contributed by atoms with E-state index in [1.165, 1.54) is 0 Å².